The first-order valence-corrected chi connectivity index (χ1v) is 9.94. The fraction of sp³-hybridized carbons (Fsp3) is 0.300. The molecule has 8 nitrogen and oxygen atoms in total. The van der Waals surface area contributed by atoms with Gasteiger partial charge in [0.1, 0.15) is 28.7 Å². The van der Waals surface area contributed by atoms with E-state index < -0.39 is 0 Å². The van der Waals surface area contributed by atoms with Crippen molar-refractivity contribution in [2.45, 2.75) is 5.03 Å². The van der Waals surface area contributed by atoms with Gasteiger partial charge in [-0.3, -0.25) is 4.79 Å². The Kier molecular flexibility index (Phi) is 6.43. The number of ether oxygens (including phenoxy) is 1. The predicted molar refractivity (Wildman–Crippen MR) is 111 cm³/mol. The molecule has 0 spiro atoms. The second-order valence-electron chi connectivity index (χ2n) is 6.35. The maximum atomic E-state index is 12.6. The smallest absolute Gasteiger partial charge is 0.233 e. The summed E-state index contributed by atoms with van der Waals surface area (Å²) in [5, 5.41) is 18.6. The number of carbonyl (C=O) groups excluding carboxylic acids is 1. The average Bonchev–Trinajstić information content (AvgIpc) is 2.77. The van der Waals surface area contributed by atoms with Gasteiger partial charge in [-0.25, -0.2) is 4.98 Å². The highest BCUT2D eigenvalue weighted by atomic mass is 32.2. The molecule has 9 heteroatoms. The number of nitriles is 2. The highest BCUT2D eigenvalue weighted by Gasteiger charge is 2.22. The van der Waals surface area contributed by atoms with Crippen LogP contribution in [0.25, 0.3) is 0 Å². The number of benzene rings is 1. The zero-order valence-electron chi connectivity index (χ0n) is 16.0. The standard InChI is InChI=1S/C20H20N6O2S/c1-28-17-4-2-16(3-5-17)25-6-8-26(9-7-25)18(27)13-29-20-15(12-22)10-14(11-21)19(23)24-20/h2-5,10H,6-9,13H2,1H3,(H2,23,24). The first-order valence-electron chi connectivity index (χ1n) is 8.96. The monoisotopic (exact) mass is 408 g/mol. The van der Waals surface area contributed by atoms with Crippen LogP contribution in [0.1, 0.15) is 11.1 Å². The molecule has 0 aliphatic carbocycles. The van der Waals surface area contributed by atoms with Gasteiger partial charge >= 0.3 is 0 Å². The van der Waals surface area contributed by atoms with E-state index >= 15 is 0 Å². The van der Waals surface area contributed by atoms with Crippen LogP contribution in [0.15, 0.2) is 35.4 Å². The van der Waals surface area contributed by atoms with Gasteiger partial charge in [0.05, 0.1) is 24.0 Å². The summed E-state index contributed by atoms with van der Waals surface area (Å²) >= 11 is 1.17. The maximum absolute atomic E-state index is 12.6. The molecule has 1 aromatic heterocycles. The fourth-order valence-corrected chi connectivity index (χ4v) is 3.88. The lowest BCUT2D eigenvalue weighted by atomic mass is 10.2. The Labute approximate surface area is 173 Å². The van der Waals surface area contributed by atoms with E-state index in [1.54, 1.807) is 7.11 Å². The van der Waals surface area contributed by atoms with Crippen molar-refractivity contribution < 1.29 is 9.53 Å². The van der Waals surface area contributed by atoms with Crippen LogP contribution in [-0.2, 0) is 4.79 Å². The van der Waals surface area contributed by atoms with Crippen LogP contribution < -0.4 is 15.4 Å². The van der Waals surface area contributed by atoms with Crippen molar-refractivity contribution in [2.75, 3.05) is 49.7 Å². The van der Waals surface area contributed by atoms with Gasteiger partial charge in [0.15, 0.2) is 0 Å². The zero-order valence-corrected chi connectivity index (χ0v) is 16.8. The molecule has 1 amide bonds. The Bertz CT molecular complexity index is 972. The van der Waals surface area contributed by atoms with Crippen LogP contribution in [0.4, 0.5) is 11.5 Å². The number of nitrogens with zero attached hydrogens (tertiary/aromatic N) is 5. The van der Waals surface area contributed by atoms with Crippen molar-refractivity contribution in [2.24, 2.45) is 0 Å². The fourth-order valence-electron chi connectivity index (χ4n) is 3.02. The molecule has 1 fully saturated rings. The summed E-state index contributed by atoms with van der Waals surface area (Å²) in [5.41, 5.74) is 7.24. The van der Waals surface area contributed by atoms with Crippen LogP contribution in [0.3, 0.4) is 0 Å². The molecule has 29 heavy (non-hydrogen) atoms. The number of nitrogens with two attached hydrogens (primary N) is 1. The van der Waals surface area contributed by atoms with Crippen molar-refractivity contribution in [3.05, 3.63) is 41.5 Å². The third-order valence-corrected chi connectivity index (χ3v) is 5.64. The summed E-state index contributed by atoms with van der Waals surface area (Å²) in [6.07, 6.45) is 0. The van der Waals surface area contributed by atoms with Crippen LogP contribution in [0, 0.1) is 22.7 Å². The Morgan fingerprint density at radius 2 is 1.83 bits per heavy atom. The molecule has 0 unspecified atom stereocenters. The van der Waals surface area contributed by atoms with E-state index in [-0.39, 0.29) is 28.6 Å². The van der Waals surface area contributed by atoms with Crippen molar-refractivity contribution in [3.63, 3.8) is 0 Å². The minimum absolute atomic E-state index is 0.0157. The molecule has 1 aromatic carbocycles. The van der Waals surface area contributed by atoms with Crippen LogP contribution in [-0.4, -0.2) is 54.8 Å². The number of methoxy groups -OCH3 is 1. The van der Waals surface area contributed by atoms with Gasteiger partial charge in [0.2, 0.25) is 5.91 Å². The van der Waals surface area contributed by atoms with Crippen molar-refractivity contribution in [1.29, 1.82) is 10.5 Å². The minimum atomic E-state index is -0.0157. The molecular weight excluding hydrogens is 388 g/mol. The van der Waals surface area contributed by atoms with Crippen LogP contribution >= 0.6 is 11.8 Å². The third kappa shape index (κ3) is 4.71. The molecular formula is C20H20N6O2S. The summed E-state index contributed by atoms with van der Waals surface area (Å²) < 4.78 is 5.18. The van der Waals surface area contributed by atoms with Gasteiger partial charge in [0.25, 0.3) is 0 Å². The van der Waals surface area contributed by atoms with Crippen molar-refractivity contribution in [3.8, 4) is 17.9 Å². The van der Waals surface area contributed by atoms with E-state index in [4.69, 9.17) is 15.7 Å². The molecule has 2 N–H and O–H groups in total. The number of hydrogen-bond donors (Lipinski definition) is 1. The second-order valence-corrected chi connectivity index (χ2v) is 7.32. The van der Waals surface area contributed by atoms with E-state index in [1.165, 1.54) is 17.8 Å². The van der Waals surface area contributed by atoms with E-state index in [0.29, 0.717) is 18.1 Å². The molecule has 0 bridgehead atoms. The molecule has 0 saturated carbocycles. The van der Waals surface area contributed by atoms with Crippen molar-refractivity contribution in [1.82, 2.24) is 9.88 Å². The van der Waals surface area contributed by atoms with E-state index in [9.17, 15) is 10.1 Å². The highest BCUT2D eigenvalue weighted by molar-refractivity contribution is 8.00. The third-order valence-electron chi connectivity index (χ3n) is 4.66. The number of thioether (sulfide) groups is 1. The number of pyridine rings is 1. The van der Waals surface area contributed by atoms with Gasteiger partial charge < -0.3 is 20.3 Å². The largest absolute Gasteiger partial charge is 0.497 e. The molecule has 2 aromatic rings. The lowest BCUT2D eigenvalue weighted by molar-refractivity contribution is -0.128. The van der Waals surface area contributed by atoms with Gasteiger partial charge in [-0.15, -0.1) is 0 Å². The Morgan fingerprint density at radius 3 is 2.41 bits per heavy atom. The Balaban J connectivity index is 1.56. The van der Waals surface area contributed by atoms with E-state index in [1.807, 2.05) is 41.3 Å². The zero-order chi connectivity index (χ0) is 20.8. The molecule has 148 valence electrons. The number of anilines is 2. The summed E-state index contributed by atoms with van der Waals surface area (Å²) in [6.45, 7) is 2.74. The molecule has 1 saturated heterocycles. The van der Waals surface area contributed by atoms with Crippen LogP contribution in [0.2, 0.25) is 0 Å². The van der Waals surface area contributed by atoms with Gasteiger partial charge in [-0.1, -0.05) is 11.8 Å². The number of nitrogen functional groups attached to an aromatic ring is 1. The average molecular weight is 408 g/mol. The summed E-state index contributed by atoms with van der Waals surface area (Å²) in [4.78, 5) is 20.7. The first-order chi connectivity index (χ1) is 14.0. The van der Waals surface area contributed by atoms with Gasteiger partial charge in [-0.05, 0) is 30.3 Å². The number of rotatable bonds is 5. The number of piperazine rings is 1. The molecule has 0 atom stereocenters. The number of hydrogen-bond acceptors (Lipinski definition) is 8. The predicted octanol–water partition coefficient (Wildman–Crippen LogP) is 1.86. The number of carbonyl (C=O) groups is 1. The highest BCUT2D eigenvalue weighted by Crippen LogP contribution is 2.25. The first kappa shape index (κ1) is 20.3. The summed E-state index contributed by atoms with van der Waals surface area (Å²) in [5.74, 6) is 1.02. The summed E-state index contributed by atoms with van der Waals surface area (Å²) in [6, 6.07) is 13.2. The SMILES string of the molecule is COc1ccc(N2CCN(C(=O)CSc3nc(N)c(C#N)cc3C#N)CC2)cc1. The topological polar surface area (TPSA) is 119 Å². The summed E-state index contributed by atoms with van der Waals surface area (Å²) in [7, 11) is 1.64. The molecule has 1 aliphatic heterocycles. The van der Waals surface area contributed by atoms with E-state index in [0.717, 1.165) is 24.5 Å². The normalized spacial score (nSPS) is 13.5. The Hall–Kier alpha value is -3.43. The van der Waals surface area contributed by atoms with Crippen LogP contribution in [0.5, 0.6) is 5.75 Å². The number of aromatic nitrogens is 1. The molecule has 2 heterocycles. The van der Waals surface area contributed by atoms with E-state index in [2.05, 4.69) is 9.88 Å². The quantitative estimate of drug-likeness (QED) is 0.745. The lowest BCUT2D eigenvalue weighted by Gasteiger charge is -2.36. The van der Waals surface area contributed by atoms with Gasteiger partial charge in [0, 0.05) is 31.9 Å². The molecule has 3 rings (SSSR count). The number of amides is 1. The molecule has 1 aliphatic rings. The lowest BCUT2D eigenvalue weighted by Crippen LogP contribution is -2.49. The van der Waals surface area contributed by atoms with Crippen molar-refractivity contribution >= 4 is 29.2 Å². The molecule has 0 radical (unpaired) electrons. The van der Waals surface area contributed by atoms with Gasteiger partial charge in [-0.2, -0.15) is 10.5 Å². The second kappa shape index (κ2) is 9.18. The Morgan fingerprint density at radius 1 is 1.17 bits per heavy atom. The maximum Gasteiger partial charge on any atom is 0.233 e. The minimum Gasteiger partial charge on any atom is -0.497 e.